The summed E-state index contributed by atoms with van der Waals surface area (Å²) in [4.78, 5) is 27.6. The predicted octanol–water partition coefficient (Wildman–Crippen LogP) is 5.69. The summed E-state index contributed by atoms with van der Waals surface area (Å²) in [6.07, 6.45) is 2.43. The third kappa shape index (κ3) is 5.66. The standard InChI is InChI=1S/C25H25FN2O6/c1-15-10-18(12-20(11-15)28(30)31)25(29)34-22-5-3-4-21(13-22)32-14-23-16(2)33-24(27-23)17-6-8-19(26)9-7-17/h6-12,21-22H,3-5,13-14H2,1-2H3/t21-,22+/m0/s1. The van der Waals surface area contributed by atoms with Crippen LogP contribution in [0.3, 0.4) is 0 Å². The first-order chi connectivity index (χ1) is 16.3. The third-order valence-electron chi connectivity index (χ3n) is 5.80. The highest BCUT2D eigenvalue weighted by atomic mass is 19.1. The number of non-ortho nitro benzene ring substituents is 1. The quantitative estimate of drug-likeness (QED) is 0.249. The van der Waals surface area contributed by atoms with Crippen molar-refractivity contribution in [3.63, 3.8) is 0 Å². The molecule has 1 aromatic heterocycles. The molecule has 4 rings (SSSR count). The van der Waals surface area contributed by atoms with Gasteiger partial charge in [-0.2, -0.15) is 0 Å². The van der Waals surface area contributed by atoms with Gasteiger partial charge in [0.15, 0.2) is 0 Å². The normalized spacial score (nSPS) is 18.0. The predicted molar refractivity (Wildman–Crippen MR) is 121 cm³/mol. The Morgan fingerprint density at radius 1 is 1.18 bits per heavy atom. The Balaban J connectivity index is 1.34. The van der Waals surface area contributed by atoms with Gasteiger partial charge in [-0.15, -0.1) is 0 Å². The van der Waals surface area contributed by atoms with E-state index in [2.05, 4.69) is 4.98 Å². The number of rotatable bonds is 7. The minimum Gasteiger partial charge on any atom is -0.459 e. The number of oxazole rings is 1. The number of aromatic nitrogens is 1. The molecule has 34 heavy (non-hydrogen) atoms. The van der Waals surface area contributed by atoms with Gasteiger partial charge in [-0.1, -0.05) is 0 Å². The van der Waals surface area contributed by atoms with Crippen molar-refractivity contribution in [3.05, 3.63) is 81.0 Å². The summed E-state index contributed by atoms with van der Waals surface area (Å²) in [6, 6.07) is 10.1. The Bertz CT molecular complexity index is 1190. The number of benzene rings is 2. The average Bonchev–Trinajstić information content (AvgIpc) is 3.18. The van der Waals surface area contributed by atoms with Crippen molar-refractivity contribution in [1.29, 1.82) is 0 Å². The van der Waals surface area contributed by atoms with Crippen LogP contribution in [-0.4, -0.2) is 28.1 Å². The van der Waals surface area contributed by atoms with E-state index in [1.807, 2.05) is 0 Å². The van der Waals surface area contributed by atoms with Crippen molar-refractivity contribution in [1.82, 2.24) is 4.98 Å². The first-order valence-electron chi connectivity index (χ1n) is 11.1. The van der Waals surface area contributed by atoms with Gasteiger partial charge in [0, 0.05) is 24.1 Å². The highest BCUT2D eigenvalue weighted by Crippen LogP contribution is 2.28. The average molecular weight is 468 g/mol. The van der Waals surface area contributed by atoms with Crippen LogP contribution in [0.5, 0.6) is 0 Å². The minimum absolute atomic E-state index is 0.122. The summed E-state index contributed by atoms with van der Waals surface area (Å²) in [5, 5.41) is 11.1. The first-order valence-corrected chi connectivity index (χ1v) is 11.1. The van der Waals surface area contributed by atoms with Gasteiger partial charge >= 0.3 is 5.97 Å². The molecule has 0 amide bonds. The summed E-state index contributed by atoms with van der Waals surface area (Å²) >= 11 is 0. The van der Waals surface area contributed by atoms with Crippen molar-refractivity contribution in [3.8, 4) is 11.5 Å². The van der Waals surface area contributed by atoms with Crippen LogP contribution in [0.4, 0.5) is 10.1 Å². The zero-order valence-corrected chi connectivity index (χ0v) is 19.0. The second-order valence-corrected chi connectivity index (χ2v) is 8.47. The summed E-state index contributed by atoms with van der Waals surface area (Å²) < 4.78 is 30.5. The molecule has 0 radical (unpaired) electrons. The molecule has 8 nitrogen and oxygen atoms in total. The second kappa shape index (κ2) is 10.1. The Morgan fingerprint density at radius 2 is 1.91 bits per heavy atom. The molecule has 2 aromatic carbocycles. The molecular weight excluding hydrogens is 443 g/mol. The molecule has 9 heteroatoms. The lowest BCUT2D eigenvalue weighted by molar-refractivity contribution is -0.384. The number of hydrogen-bond acceptors (Lipinski definition) is 7. The highest BCUT2D eigenvalue weighted by Gasteiger charge is 2.27. The highest BCUT2D eigenvalue weighted by molar-refractivity contribution is 5.90. The van der Waals surface area contributed by atoms with Gasteiger partial charge in [-0.3, -0.25) is 10.1 Å². The Morgan fingerprint density at radius 3 is 2.65 bits per heavy atom. The number of carbonyl (C=O) groups excluding carboxylic acids is 1. The molecule has 1 aliphatic carbocycles. The maximum atomic E-state index is 13.2. The summed E-state index contributed by atoms with van der Waals surface area (Å²) in [5.74, 6) is 0.121. The van der Waals surface area contributed by atoms with Crippen molar-refractivity contribution in [2.75, 3.05) is 0 Å². The van der Waals surface area contributed by atoms with Crippen molar-refractivity contribution < 1.29 is 28.0 Å². The van der Waals surface area contributed by atoms with Gasteiger partial charge in [0.2, 0.25) is 5.89 Å². The minimum atomic E-state index is -0.575. The molecule has 0 bridgehead atoms. The fourth-order valence-electron chi connectivity index (χ4n) is 4.04. The Hall–Kier alpha value is -3.59. The fourth-order valence-corrected chi connectivity index (χ4v) is 4.04. The summed E-state index contributed by atoms with van der Waals surface area (Å²) in [7, 11) is 0. The van der Waals surface area contributed by atoms with Crippen LogP contribution in [0.15, 0.2) is 46.9 Å². The molecule has 1 saturated carbocycles. The lowest BCUT2D eigenvalue weighted by Gasteiger charge is -2.28. The molecule has 178 valence electrons. The molecule has 0 N–H and O–H groups in total. The van der Waals surface area contributed by atoms with Gasteiger partial charge in [0.1, 0.15) is 23.4 Å². The molecular formula is C25H25FN2O6. The number of nitrogens with zero attached hydrogens (tertiary/aromatic N) is 2. The molecule has 2 atom stereocenters. The number of ether oxygens (including phenoxy) is 2. The molecule has 0 unspecified atom stereocenters. The van der Waals surface area contributed by atoms with Crippen LogP contribution in [0.1, 0.15) is 53.1 Å². The van der Waals surface area contributed by atoms with Crippen LogP contribution in [0.25, 0.3) is 11.5 Å². The van der Waals surface area contributed by atoms with E-state index in [4.69, 9.17) is 13.9 Å². The van der Waals surface area contributed by atoms with Gasteiger partial charge in [0.05, 0.1) is 23.2 Å². The van der Waals surface area contributed by atoms with E-state index in [0.29, 0.717) is 41.3 Å². The number of esters is 1. The lowest BCUT2D eigenvalue weighted by Crippen LogP contribution is -2.30. The van der Waals surface area contributed by atoms with E-state index in [1.165, 1.54) is 24.3 Å². The molecule has 1 heterocycles. The SMILES string of the molecule is Cc1cc(C(=O)O[C@@H]2CCC[C@H](OCc3nc(-c4ccc(F)cc4)oc3C)C2)cc([N+](=O)[O-])c1. The van der Waals surface area contributed by atoms with Crippen molar-refractivity contribution in [2.45, 2.75) is 58.3 Å². The van der Waals surface area contributed by atoms with Crippen molar-refractivity contribution >= 4 is 11.7 Å². The van der Waals surface area contributed by atoms with E-state index >= 15 is 0 Å². The number of nitro benzene ring substituents is 1. The molecule has 1 aliphatic rings. The zero-order valence-electron chi connectivity index (χ0n) is 19.0. The number of hydrogen-bond donors (Lipinski definition) is 0. The maximum Gasteiger partial charge on any atom is 0.338 e. The van der Waals surface area contributed by atoms with E-state index < -0.39 is 10.9 Å². The summed E-state index contributed by atoms with van der Waals surface area (Å²) in [5.41, 5.74) is 1.98. The van der Waals surface area contributed by atoms with Crippen LogP contribution in [-0.2, 0) is 16.1 Å². The number of halogens is 1. The topological polar surface area (TPSA) is 105 Å². The van der Waals surface area contributed by atoms with Gasteiger partial charge in [0.25, 0.3) is 5.69 Å². The van der Waals surface area contributed by atoms with Crippen LogP contribution in [0, 0.1) is 29.8 Å². The largest absolute Gasteiger partial charge is 0.459 e. The van der Waals surface area contributed by atoms with E-state index in [-0.39, 0.29) is 35.9 Å². The molecule has 0 saturated heterocycles. The third-order valence-corrected chi connectivity index (χ3v) is 5.80. The second-order valence-electron chi connectivity index (χ2n) is 8.47. The maximum absolute atomic E-state index is 13.2. The van der Waals surface area contributed by atoms with Gasteiger partial charge in [-0.25, -0.2) is 14.2 Å². The number of carbonyl (C=O) groups is 1. The molecule has 3 aromatic rings. The van der Waals surface area contributed by atoms with Gasteiger partial charge < -0.3 is 13.9 Å². The lowest BCUT2D eigenvalue weighted by atomic mass is 9.94. The smallest absolute Gasteiger partial charge is 0.338 e. The fraction of sp³-hybridized carbons (Fsp3) is 0.360. The van der Waals surface area contributed by atoms with E-state index in [9.17, 15) is 19.3 Å². The van der Waals surface area contributed by atoms with E-state index in [0.717, 1.165) is 12.8 Å². The van der Waals surface area contributed by atoms with Crippen LogP contribution >= 0.6 is 0 Å². The molecule has 1 fully saturated rings. The van der Waals surface area contributed by atoms with Crippen molar-refractivity contribution in [2.24, 2.45) is 0 Å². The molecule has 0 aliphatic heterocycles. The monoisotopic (exact) mass is 468 g/mol. The van der Waals surface area contributed by atoms with Crippen LogP contribution < -0.4 is 0 Å². The zero-order chi connectivity index (χ0) is 24.2. The van der Waals surface area contributed by atoms with E-state index in [1.54, 1.807) is 32.0 Å². The number of aryl methyl sites for hydroxylation is 2. The Labute approximate surface area is 195 Å². The van der Waals surface area contributed by atoms with Gasteiger partial charge in [-0.05, 0) is 69.0 Å². The summed E-state index contributed by atoms with van der Waals surface area (Å²) in [6.45, 7) is 3.73. The molecule has 0 spiro atoms. The number of nitro groups is 1. The Kier molecular flexibility index (Phi) is 7.02. The first kappa shape index (κ1) is 23.6. The van der Waals surface area contributed by atoms with Crippen LogP contribution in [0.2, 0.25) is 0 Å².